The van der Waals surface area contributed by atoms with E-state index in [9.17, 15) is 9.90 Å². The molecule has 0 aliphatic heterocycles. The molecule has 4 rings (SSSR count). The zero-order valence-corrected chi connectivity index (χ0v) is 21.8. The summed E-state index contributed by atoms with van der Waals surface area (Å²) < 4.78 is 0. The summed E-state index contributed by atoms with van der Waals surface area (Å²) in [7, 11) is 0. The van der Waals surface area contributed by atoms with Crippen molar-refractivity contribution in [2.45, 2.75) is 106 Å². The molecule has 0 amide bonds. The first-order chi connectivity index (χ1) is 14.8. The van der Waals surface area contributed by atoms with Crippen LogP contribution < -0.4 is 0 Å². The molecular weight excluding hydrogens is 392 g/mol. The third kappa shape index (κ3) is 3.18. The van der Waals surface area contributed by atoms with E-state index in [-0.39, 0.29) is 27.8 Å². The molecule has 0 spiro atoms. The predicted octanol–water partition coefficient (Wildman–Crippen LogP) is 7.43. The fourth-order valence-electron chi connectivity index (χ4n) is 8.53. The van der Waals surface area contributed by atoms with Gasteiger partial charge in [0.15, 0.2) is 0 Å². The number of hydrogen-bond acceptors (Lipinski definition) is 2. The van der Waals surface area contributed by atoms with Gasteiger partial charge in [-0.2, -0.15) is 0 Å². The number of carbonyl (C=O) groups excluding carboxylic acids is 1. The molecule has 0 heterocycles. The Bertz CT molecular complexity index is 885. The van der Waals surface area contributed by atoms with Crippen molar-refractivity contribution in [3.05, 3.63) is 34.9 Å². The highest BCUT2D eigenvalue weighted by Gasteiger charge is 2.63. The number of fused-ring (bicyclic) bond motifs is 5. The number of allylic oxidation sites excluding steroid dienone is 5. The van der Waals surface area contributed by atoms with E-state index in [4.69, 9.17) is 0 Å². The minimum Gasteiger partial charge on any atom is -0.393 e. The highest BCUT2D eigenvalue weighted by molar-refractivity contribution is 5.86. The Balaban J connectivity index is 1.68. The van der Waals surface area contributed by atoms with Gasteiger partial charge in [-0.25, -0.2) is 0 Å². The minimum atomic E-state index is -0.271. The number of rotatable bonds is 4. The molecule has 4 aliphatic carbocycles. The van der Waals surface area contributed by atoms with Crippen LogP contribution in [0.5, 0.6) is 0 Å². The van der Waals surface area contributed by atoms with Crippen molar-refractivity contribution in [2.75, 3.05) is 0 Å². The van der Waals surface area contributed by atoms with Crippen LogP contribution >= 0.6 is 0 Å². The van der Waals surface area contributed by atoms with Crippen LogP contribution in [-0.4, -0.2) is 17.0 Å². The van der Waals surface area contributed by atoms with E-state index < -0.39 is 0 Å². The number of ketones is 1. The Morgan fingerprint density at radius 3 is 2.47 bits per heavy atom. The summed E-state index contributed by atoms with van der Waals surface area (Å²) in [6.07, 6.45) is 14.0. The Morgan fingerprint density at radius 1 is 1.12 bits per heavy atom. The Hall–Kier alpha value is -1.15. The lowest BCUT2D eigenvalue weighted by atomic mass is 9.44. The van der Waals surface area contributed by atoms with Crippen LogP contribution in [0.4, 0.5) is 0 Å². The zero-order valence-electron chi connectivity index (χ0n) is 21.8. The van der Waals surface area contributed by atoms with Crippen molar-refractivity contribution in [3.8, 4) is 0 Å². The molecule has 0 aromatic carbocycles. The first-order valence-corrected chi connectivity index (χ1v) is 13.1. The lowest BCUT2D eigenvalue weighted by Gasteiger charge is -2.59. The van der Waals surface area contributed by atoms with Gasteiger partial charge in [-0.1, -0.05) is 65.3 Å². The number of hydrogen-bond donors (Lipinski definition) is 1. The SMILES string of the molecule is CC(C)=CC[C@@H](O)[C@@H](C)[C@H]1CC[C@@]2(C)C3=CC[C@@H]4C(C)(C)C(=O)CC[C@]4(C)C3=CC[C@]12C. The quantitative estimate of drug-likeness (QED) is 0.463. The summed E-state index contributed by atoms with van der Waals surface area (Å²) >= 11 is 0. The highest BCUT2D eigenvalue weighted by atomic mass is 16.3. The van der Waals surface area contributed by atoms with Crippen molar-refractivity contribution >= 4 is 5.78 Å². The van der Waals surface area contributed by atoms with Gasteiger partial charge >= 0.3 is 0 Å². The van der Waals surface area contributed by atoms with E-state index in [0.29, 0.717) is 23.5 Å². The molecule has 2 saturated carbocycles. The fraction of sp³-hybridized carbons (Fsp3) is 0.767. The maximum Gasteiger partial charge on any atom is 0.138 e. The maximum atomic E-state index is 12.8. The summed E-state index contributed by atoms with van der Waals surface area (Å²) in [6.45, 7) is 18.4. The zero-order chi connectivity index (χ0) is 23.7. The molecule has 0 aromatic heterocycles. The Kier molecular flexibility index (Phi) is 5.76. The summed E-state index contributed by atoms with van der Waals surface area (Å²) in [5, 5.41) is 11.0. The van der Waals surface area contributed by atoms with E-state index in [0.717, 1.165) is 32.1 Å². The fourth-order valence-corrected chi connectivity index (χ4v) is 8.53. The molecule has 2 fully saturated rings. The lowest BCUT2D eigenvalue weighted by molar-refractivity contribution is -0.138. The second kappa shape index (κ2) is 7.69. The molecule has 32 heavy (non-hydrogen) atoms. The van der Waals surface area contributed by atoms with Crippen molar-refractivity contribution in [1.82, 2.24) is 0 Å². The van der Waals surface area contributed by atoms with Crippen molar-refractivity contribution in [3.63, 3.8) is 0 Å². The van der Waals surface area contributed by atoms with Crippen LogP contribution in [0.25, 0.3) is 0 Å². The van der Waals surface area contributed by atoms with Gasteiger partial charge in [0.05, 0.1) is 6.10 Å². The molecule has 0 aromatic rings. The molecule has 2 heteroatoms. The van der Waals surface area contributed by atoms with Crippen LogP contribution in [0.3, 0.4) is 0 Å². The van der Waals surface area contributed by atoms with Gasteiger partial charge in [-0.15, -0.1) is 0 Å². The number of Topliss-reactive ketones (excluding diaryl/α,β-unsaturated/α-hetero) is 1. The van der Waals surface area contributed by atoms with Crippen LogP contribution in [0, 0.1) is 39.4 Å². The van der Waals surface area contributed by atoms with Gasteiger partial charge in [0.25, 0.3) is 0 Å². The van der Waals surface area contributed by atoms with E-state index in [2.05, 4.69) is 73.6 Å². The highest BCUT2D eigenvalue weighted by Crippen LogP contribution is 2.71. The standard InChI is InChI=1S/C30H46O2/c1-19(2)9-11-24(31)20(3)21-13-17-30(8)23-10-12-25-27(4,5)26(32)15-16-28(25,6)22(23)14-18-29(21,30)7/h9-10,14,20-21,24-25,31H,11-13,15-18H2,1-8H3/t20-,21+,24+,25+,28+,29+,30-/m0/s1. The van der Waals surface area contributed by atoms with Gasteiger partial charge in [0.1, 0.15) is 5.78 Å². The van der Waals surface area contributed by atoms with E-state index in [1.807, 2.05) is 0 Å². The van der Waals surface area contributed by atoms with Crippen molar-refractivity contribution < 1.29 is 9.90 Å². The second-order valence-corrected chi connectivity index (χ2v) is 13.1. The van der Waals surface area contributed by atoms with Crippen LogP contribution in [0.2, 0.25) is 0 Å². The summed E-state index contributed by atoms with van der Waals surface area (Å²) in [5.41, 5.74) is 4.64. The first kappa shape index (κ1) is 24.0. The molecule has 2 nitrogen and oxygen atoms in total. The number of carbonyl (C=O) groups is 1. The van der Waals surface area contributed by atoms with E-state index in [1.165, 1.54) is 18.4 Å². The normalized spacial score (nSPS) is 42.1. The molecule has 7 atom stereocenters. The average Bonchev–Trinajstić information content (AvgIpc) is 3.00. The summed E-state index contributed by atoms with van der Waals surface area (Å²) in [4.78, 5) is 12.8. The van der Waals surface area contributed by atoms with Gasteiger partial charge in [0.2, 0.25) is 0 Å². The minimum absolute atomic E-state index is 0.110. The molecule has 0 saturated heterocycles. The lowest BCUT2D eigenvalue weighted by Crippen LogP contribution is -2.53. The molecule has 0 radical (unpaired) electrons. The third-order valence-electron chi connectivity index (χ3n) is 11.1. The summed E-state index contributed by atoms with van der Waals surface area (Å²) in [6, 6.07) is 0. The second-order valence-electron chi connectivity index (χ2n) is 13.1. The summed E-state index contributed by atoms with van der Waals surface area (Å²) in [5.74, 6) is 1.68. The topological polar surface area (TPSA) is 37.3 Å². The average molecular weight is 439 g/mol. The largest absolute Gasteiger partial charge is 0.393 e. The maximum absolute atomic E-state index is 12.8. The molecule has 178 valence electrons. The molecule has 0 bridgehead atoms. The van der Waals surface area contributed by atoms with Gasteiger partial charge in [0, 0.05) is 11.8 Å². The van der Waals surface area contributed by atoms with Gasteiger partial charge in [-0.3, -0.25) is 4.79 Å². The van der Waals surface area contributed by atoms with Crippen LogP contribution in [-0.2, 0) is 4.79 Å². The van der Waals surface area contributed by atoms with Crippen molar-refractivity contribution in [1.29, 1.82) is 0 Å². The van der Waals surface area contributed by atoms with Gasteiger partial charge < -0.3 is 5.11 Å². The molecular formula is C30H46O2. The van der Waals surface area contributed by atoms with E-state index in [1.54, 1.807) is 11.1 Å². The Labute approximate surface area is 196 Å². The van der Waals surface area contributed by atoms with E-state index >= 15 is 0 Å². The Morgan fingerprint density at radius 2 is 1.81 bits per heavy atom. The molecule has 0 unspecified atom stereocenters. The monoisotopic (exact) mass is 438 g/mol. The number of aliphatic hydroxyl groups excluding tert-OH is 1. The van der Waals surface area contributed by atoms with Crippen LogP contribution in [0.1, 0.15) is 100 Å². The molecule has 4 aliphatic rings. The molecule has 1 N–H and O–H groups in total. The first-order valence-electron chi connectivity index (χ1n) is 13.1. The number of aliphatic hydroxyl groups is 1. The predicted molar refractivity (Wildman–Crippen MR) is 133 cm³/mol. The van der Waals surface area contributed by atoms with Gasteiger partial charge in [-0.05, 0) is 97.5 Å². The smallest absolute Gasteiger partial charge is 0.138 e. The van der Waals surface area contributed by atoms with Crippen molar-refractivity contribution in [2.24, 2.45) is 39.4 Å². The third-order valence-corrected chi connectivity index (χ3v) is 11.1. The van der Waals surface area contributed by atoms with Crippen LogP contribution in [0.15, 0.2) is 34.9 Å².